The highest BCUT2D eigenvalue weighted by Crippen LogP contribution is 2.36. The zero-order chi connectivity index (χ0) is 15.9. The van der Waals surface area contributed by atoms with Gasteiger partial charge in [0.2, 0.25) is 0 Å². The molecule has 3 nitrogen and oxygen atoms in total. The number of hydrogen-bond acceptors (Lipinski definition) is 3. The molecule has 0 radical (unpaired) electrons. The van der Waals surface area contributed by atoms with Crippen molar-refractivity contribution >= 4 is 0 Å². The molecule has 1 atom stereocenters. The van der Waals surface area contributed by atoms with Gasteiger partial charge >= 0.3 is 6.18 Å². The number of halogens is 3. The molecule has 0 aliphatic carbocycles. The third-order valence-electron chi connectivity index (χ3n) is 2.86. The van der Waals surface area contributed by atoms with Crippen molar-refractivity contribution in [3.05, 3.63) is 29.3 Å². The van der Waals surface area contributed by atoms with Gasteiger partial charge in [-0.1, -0.05) is 13.8 Å². The van der Waals surface area contributed by atoms with Crippen molar-refractivity contribution in [1.29, 1.82) is 5.26 Å². The summed E-state index contributed by atoms with van der Waals surface area (Å²) < 4.78 is 44.1. The molecule has 0 bridgehead atoms. The summed E-state index contributed by atoms with van der Waals surface area (Å²) >= 11 is 0. The van der Waals surface area contributed by atoms with Gasteiger partial charge in [-0.05, 0) is 31.2 Å². The second-order valence-corrected chi connectivity index (χ2v) is 4.94. The minimum atomic E-state index is -4.54. The van der Waals surface area contributed by atoms with E-state index in [1.807, 2.05) is 13.8 Å². The van der Waals surface area contributed by atoms with Gasteiger partial charge in [-0.25, -0.2) is 0 Å². The van der Waals surface area contributed by atoms with Crippen LogP contribution in [0.25, 0.3) is 0 Å². The molecule has 0 aliphatic heterocycles. The fraction of sp³-hybridized carbons (Fsp3) is 0.533. The fourth-order valence-electron chi connectivity index (χ4n) is 1.76. The molecule has 0 saturated carbocycles. The van der Waals surface area contributed by atoms with Crippen LogP contribution in [0, 0.1) is 17.2 Å². The van der Waals surface area contributed by atoms with Crippen molar-refractivity contribution in [2.24, 2.45) is 5.92 Å². The first-order valence-corrected chi connectivity index (χ1v) is 6.83. The topological polar surface area (TPSA) is 45.0 Å². The summed E-state index contributed by atoms with van der Waals surface area (Å²) in [6, 6.07) is 5.04. The standard InChI is InChI=1S/C15H19F3N2O/c1-3-6-20-9-11(2)10-21-14-5-4-12(8-19)7-13(14)15(16,17)18/h4-5,7,11,20H,3,6,9-10H2,1-2H3. The van der Waals surface area contributed by atoms with E-state index in [1.54, 1.807) is 6.07 Å². The first-order valence-electron chi connectivity index (χ1n) is 6.83. The molecule has 0 fully saturated rings. The van der Waals surface area contributed by atoms with Crippen LogP contribution in [0.1, 0.15) is 31.4 Å². The Morgan fingerprint density at radius 2 is 2.10 bits per heavy atom. The van der Waals surface area contributed by atoms with E-state index in [2.05, 4.69) is 5.32 Å². The van der Waals surface area contributed by atoms with E-state index in [0.717, 1.165) is 19.0 Å². The largest absolute Gasteiger partial charge is 0.493 e. The molecule has 0 saturated heterocycles. The van der Waals surface area contributed by atoms with Gasteiger partial charge in [0.25, 0.3) is 0 Å². The average molecular weight is 300 g/mol. The minimum Gasteiger partial charge on any atom is -0.493 e. The van der Waals surface area contributed by atoms with E-state index in [-0.39, 0.29) is 23.8 Å². The second-order valence-electron chi connectivity index (χ2n) is 4.94. The number of alkyl halides is 3. The van der Waals surface area contributed by atoms with E-state index in [1.165, 1.54) is 12.1 Å². The Morgan fingerprint density at radius 3 is 2.67 bits per heavy atom. The molecule has 0 spiro atoms. The number of nitrogens with one attached hydrogen (secondary N) is 1. The van der Waals surface area contributed by atoms with Crippen molar-refractivity contribution in [2.45, 2.75) is 26.4 Å². The van der Waals surface area contributed by atoms with Gasteiger partial charge in [0.15, 0.2) is 0 Å². The molecule has 1 aromatic rings. The highest BCUT2D eigenvalue weighted by Gasteiger charge is 2.34. The van der Waals surface area contributed by atoms with Gasteiger partial charge in [-0.3, -0.25) is 0 Å². The van der Waals surface area contributed by atoms with Gasteiger partial charge < -0.3 is 10.1 Å². The summed E-state index contributed by atoms with van der Waals surface area (Å²) in [5, 5.41) is 11.9. The summed E-state index contributed by atoms with van der Waals surface area (Å²) in [6.07, 6.45) is -3.53. The van der Waals surface area contributed by atoms with Crippen molar-refractivity contribution in [2.75, 3.05) is 19.7 Å². The van der Waals surface area contributed by atoms with Gasteiger partial charge in [-0.2, -0.15) is 18.4 Å². The van der Waals surface area contributed by atoms with E-state index in [4.69, 9.17) is 10.00 Å². The SMILES string of the molecule is CCCNCC(C)COc1ccc(C#N)cc1C(F)(F)F. The van der Waals surface area contributed by atoms with Crippen LogP contribution in [0.2, 0.25) is 0 Å². The molecule has 0 heterocycles. The number of nitrogens with zero attached hydrogens (tertiary/aromatic N) is 1. The van der Waals surface area contributed by atoms with Crippen LogP contribution in [0.15, 0.2) is 18.2 Å². The summed E-state index contributed by atoms with van der Waals surface area (Å²) in [5.74, 6) is -0.142. The van der Waals surface area contributed by atoms with E-state index in [9.17, 15) is 13.2 Å². The molecule has 1 rings (SSSR count). The first-order chi connectivity index (χ1) is 9.88. The van der Waals surface area contributed by atoms with Crippen LogP contribution >= 0.6 is 0 Å². The second kappa shape index (κ2) is 7.89. The Kier molecular flexibility index (Phi) is 6.50. The predicted octanol–water partition coefficient (Wildman–Crippen LogP) is 3.59. The summed E-state index contributed by atoms with van der Waals surface area (Å²) in [6.45, 7) is 5.69. The Balaban J connectivity index is 2.73. The Hall–Kier alpha value is -1.74. The van der Waals surface area contributed by atoms with Gasteiger partial charge in [0.1, 0.15) is 5.75 Å². The number of rotatable bonds is 7. The Bertz CT molecular complexity index is 495. The Labute approximate surface area is 122 Å². The zero-order valence-electron chi connectivity index (χ0n) is 12.1. The smallest absolute Gasteiger partial charge is 0.420 e. The monoisotopic (exact) mass is 300 g/mol. The highest BCUT2D eigenvalue weighted by molar-refractivity contribution is 5.43. The molecule has 0 aliphatic rings. The molecule has 1 unspecified atom stereocenters. The number of nitriles is 1. The lowest BCUT2D eigenvalue weighted by atomic mass is 10.1. The quantitative estimate of drug-likeness (QED) is 0.783. The lowest BCUT2D eigenvalue weighted by Gasteiger charge is -2.17. The molecular formula is C15H19F3N2O. The van der Waals surface area contributed by atoms with Crippen LogP contribution in [0.4, 0.5) is 13.2 Å². The zero-order valence-corrected chi connectivity index (χ0v) is 12.1. The summed E-state index contributed by atoms with van der Waals surface area (Å²) in [4.78, 5) is 0. The molecule has 21 heavy (non-hydrogen) atoms. The van der Waals surface area contributed by atoms with Crippen LogP contribution in [0.3, 0.4) is 0 Å². The lowest BCUT2D eigenvalue weighted by Crippen LogP contribution is -2.26. The van der Waals surface area contributed by atoms with Crippen molar-refractivity contribution in [1.82, 2.24) is 5.32 Å². The fourth-order valence-corrected chi connectivity index (χ4v) is 1.76. The van der Waals surface area contributed by atoms with Gasteiger partial charge in [-0.15, -0.1) is 0 Å². The molecule has 0 amide bonds. The van der Waals surface area contributed by atoms with E-state index < -0.39 is 11.7 Å². The van der Waals surface area contributed by atoms with Crippen molar-refractivity contribution < 1.29 is 17.9 Å². The number of benzene rings is 1. The van der Waals surface area contributed by atoms with Crippen LogP contribution in [-0.4, -0.2) is 19.7 Å². The van der Waals surface area contributed by atoms with Crippen molar-refractivity contribution in [3.8, 4) is 11.8 Å². The third kappa shape index (κ3) is 5.64. The summed E-state index contributed by atoms with van der Waals surface area (Å²) in [7, 11) is 0. The molecule has 116 valence electrons. The minimum absolute atomic E-state index is 0.0349. The highest BCUT2D eigenvalue weighted by atomic mass is 19.4. The molecule has 0 aromatic heterocycles. The van der Waals surface area contributed by atoms with Gasteiger partial charge in [0.05, 0.1) is 23.8 Å². The van der Waals surface area contributed by atoms with E-state index >= 15 is 0 Å². The summed E-state index contributed by atoms with van der Waals surface area (Å²) in [5.41, 5.74) is -0.942. The predicted molar refractivity (Wildman–Crippen MR) is 74.0 cm³/mol. The number of hydrogen-bond donors (Lipinski definition) is 1. The van der Waals surface area contributed by atoms with Crippen molar-refractivity contribution in [3.63, 3.8) is 0 Å². The maximum atomic E-state index is 12.9. The average Bonchev–Trinajstić information content (AvgIpc) is 2.44. The van der Waals surface area contributed by atoms with E-state index in [0.29, 0.717) is 6.54 Å². The molecule has 6 heteroatoms. The normalized spacial score (nSPS) is 12.8. The maximum Gasteiger partial charge on any atom is 0.420 e. The van der Waals surface area contributed by atoms with Crippen LogP contribution in [-0.2, 0) is 6.18 Å². The lowest BCUT2D eigenvalue weighted by molar-refractivity contribution is -0.139. The first kappa shape index (κ1) is 17.3. The van der Waals surface area contributed by atoms with Crippen LogP contribution in [0.5, 0.6) is 5.75 Å². The third-order valence-corrected chi connectivity index (χ3v) is 2.86. The van der Waals surface area contributed by atoms with Gasteiger partial charge in [0, 0.05) is 12.5 Å². The Morgan fingerprint density at radius 1 is 1.38 bits per heavy atom. The molecule has 1 N–H and O–H groups in total. The maximum absolute atomic E-state index is 12.9. The molecule has 1 aromatic carbocycles. The number of ether oxygens (including phenoxy) is 1. The van der Waals surface area contributed by atoms with Crippen LogP contribution < -0.4 is 10.1 Å². The molecular weight excluding hydrogens is 281 g/mol.